The average Bonchev–Trinajstić information content (AvgIpc) is 2.29. The monoisotopic (exact) mass is 256 g/mol. The van der Waals surface area contributed by atoms with Crippen LogP contribution in [-0.4, -0.2) is 18.5 Å². The highest BCUT2D eigenvalue weighted by Crippen LogP contribution is 2.27. The molecule has 0 aliphatic rings. The minimum Gasteiger partial charge on any atom is -0.370 e. The van der Waals surface area contributed by atoms with Crippen molar-refractivity contribution < 1.29 is 9.53 Å². The Morgan fingerprint density at radius 1 is 1.17 bits per heavy atom. The van der Waals surface area contributed by atoms with Gasteiger partial charge in [-0.1, -0.05) is 60.3 Å². The number of ether oxygens (including phenoxy) is 1. The van der Waals surface area contributed by atoms with Gasteiger partial charge in [-0.3, -0.25) is 4.79 Å². The smallest absolute Gasteiger partial charge is 0.162 e. The first kappa shape index (κ1) is 17.6. The minimum atomic E-state index is -0.252. The molecular weight excluding hydrogens is 224 g/mol. The number of unbranched alkanes of at least 4 members (excludes halogenated alkanes) is 1. The second-order valence-corrected chi connectivity index (χ2v) is 6.29. The van der Waals surface area contributed by atoms with Gasteiger partial charge in [0.2, 0.25) is 0 Å². The highest BCUT2D eigenvalue weighted by atomic mass is 16.5. The van der Waals surface area contributed by atoms with Gasteiger partial charge in [-0.2, -0.15) is 0 Å². The molecule has 0 radical (unpaired) electrons. The summed E-state index contributed by atoms with van der Waals surface area (Å²) < 4.78 is 5.67. The van der Waals surface area contributed by atoms with Gasteiger partial charge < -0.3 is 4.74 Å². The van der Waals surface area contributed by atoms with E-state index < -0.39 is 0 Å². The standard InChI is InChI=1S/C16H32O2/c1-7-10-11-13(8-2)12-14(17)15(18-9-3)16(4,5)6/h13,15H,7-12H2,1-6H3. The molecule has 0 N–H and O–H groups in total. The van der Waals surface area contributed by atoms with E-state index in [-0.39, 0.29) is 17.3 Å². The Morgan fingerprint density at radius 3 is 2.17 bits per heavy atom. The predicted molar refractivity (Wildman–Crippen MR) is 77.8 cm³/mol. The van der Waals surface area contributed by atoms with Crippen LogP contribution in [0.4, 0.5) is 0 Å². The van der Waals surface area contributed by atoms with Crippen molar-refractivity contribution in [2.75, 3.05) is 6.61 Å². The van der Waals surface area contributed by atoms with Gasteiger partial charge in [0.25, 0.3) is 0 Å². The zero-order chi connectivity index (χ0) is 14.2. The van der Waals surface area contributed by atoms with Crippen molar-refractivity contribution in [3.05, 3.63) is 0 Å². The van der Waals surface area contributed by atoms with E-state index in [2.05, 4.69) is 34.6 Å². The molecule has 0 aromatic heterocycles. The first-order valence-electron chi connectivity index (χ1n) is 7.51. The highest BCUT2D eigenvalue weighted by Gasteiger charge is 2.32. The molecule has 18 heavy (non-hydrogen) atoms. The Kier molecular flexibility index (Phi) is 8.51. The number of ketones is 1. The van der Waals surface area contributed by atoms with Crippen molar-refractivity contribution in [3.63, 3.8) is 0 Å². The minimum absolute atomic E-state index is 0.101. The molecule has 0 bridgehead atoms. The maximum absolute atomic E-state index is 12.4. The molecule has 0 aromatic carbocycles. The topological polar surface area (TPSA) is 26.3 Å². The molecule has 0 amide bonds. The molecule has 0 saturated carbocycles. The number of hydrogen-bond donors (Lipinski definition) is 0. The van der Waals surface area contributed by atoms with E-state index in [0.29, 0.717) is 18.9 Å². The molecule has 0 saturated heterocycles. The molecule has 0 aliphatic carbocycles. The summed E-state index contributed by atoms with van der Waals surface area (Å²) in [6, 6.07) is 0. The molecule has 108 valence electrons. The summed E-state index contributed by atoms with van der Waals surface area (Å²) in [6.45, 7) is 13.2. The fourth-order valence-corrected chi connectivity index (χ4v) is 2.33. The third kappa shape index (κ3) is 6.53. The SMILES string of the molecule is CCCCC(CC)CC(=O)C(OCC)C(C)(C)C. The first-order valence-corrected chi connectivity index (χ1v) is 7.51. The maximum atomic E-state index is 12.4. The largest absolute Gasteiger partial charge is 0.370 e. The Balaban J connectivity index is 4.48. The van der Waals surface area contributed by atoms with Crippen LogP contribution in [0.15, 0.2) is 0 Å². The zero-order valence-electron chi connectivity index (χ0n) is 13.2. The molecule has 2 heteroatoms. The molecule has 2 unspecified atom stereocenters. The van der Waals surface area contributed by atoms with Crippen molar-refractivity contribution in [2.24, 2.45) is 11.3 Å². The molecule has 0 spiro atoms. The maximum Gasteiger partial charge on any atom is 0.162 e. The molecular formula is C16H32O2. The highest BCUT2D eigenvalue weighted by molar-refractivity contribution is 5.84. The van der Waals surface area contributed by atoms with Crippen LogP contribution in [0.3, 0.4) is 0 Å². The van der Waals surface area contributed by atoms with Crippen LogP contribution in [0.25, 0.3) is 0 Å². The Labute approximate surface area is 113 Å². The van der Waals surface area contributed by atoms with E-state index in [1.165, 1.54) is 19.3 Å². The average molecular weight is 256 g/mol. The number of carbonyl (C=O) groups is 1. The fourth-order valence-electron chi connectivity index (χ4n) is 2.33. The molecule has 0 fully saturated rings. The molecule has 0 aliphatic heterocycles. The lowest BCUT2D eigenvalue weighted by atomic mass is 9.82. The van der Waals surface area contributed by atoms with E-state index in [1.807, 2.05) is 6.92 Å². The summed E-state index contributed by atoms with van der Waals surface area (Å²) in [7, 11) is 0. The van der Waals surface area contributed by atoms with E-state index in [1.54, 1.807) is 0 Å². The van der Waals surface area contributed by atoms with Gasteiger partial charge in [0.05, 0.1) is 0 Å². The Bertz CT molecular complexity index is 228. The van der Waals surface area contributed by atoms with Crippen LogP contribution < -0.4 is 0 Å². The van der Waals surface area contributed by atoms with E-state index >= 15 is 0 Å². The lowest BCUT2D eigenvalue weighted by Gasteiger charge is -2.30. The zero-order valence-corrected chi connectivity index (χ0v) is 13.2. The summed E-state index contributed by atoms with van der Waals surface area (Å²) in [4.78, 5) is 12.4. The molecule has 0 rings (SSSR count). The van der Waals surface area contributed by atoms with E-state index in [4.69, 9.17) is 4.74 Å². The quantitative estimate of drug-likeness (QED) is 0.602. The van der Waals surface area contributed by atoms with Gasteiger partial charge in [-0.05, 0) is 18.3 Å². The number of rotatable bonds is 9. The summed E-state index contributed by atoms with van der Waals surface area (Å²) in [5.41, 5.74) is -0.101. The third-order valence-corrected chi connectivity index (χ3v) is 3.45. The second kappa shape index (κ2) is 8.68. The lowest BCUT2D eigenvalue weighted by molar-refractivity contribution is -0.138. The van der Waals surface area contributed by atoms with E-state index in [9.17, 15) is 4.79 Å². The molecule has 2 atom stereocenters. The van der Waals surface area contributed by atoms with Crippen molar-refractivity contribution >= 4 is 5.78 Å². The first-order chi connectivity index (χ1) is 8.36. The molecule has 0 heterocycles. The Hall–Kier alpha value is -0.370. The third-order valence-electron chi connectivity index (χ3n) is 3.45. The van der Waals surface area contributed by atoms with Crippen molar-refractivity contribution in [1.29, 1.82) is 0 Å². The summed E-state index contributed by atoms with van der Waals surface area (Å²) >= 11 is 0. The number of carbonyl (C=O) groups excluding carboxylic acids is 1. The molecule has 2 nitrogen and oxygen atoms in total. The number of Topliss-reactive ketones (excluding diaryl/α,β-unsaturated/α-hetero) is 1. The van der Waals surface area contributed by atoms with E-state index in [0.717, 1.165) is 6.42 Å². The summed E-state index contributed by atoms with van der Waals surface area (Å²) in [5.74, 6) is 0.815. The van der Waals surface area contributed by atoms with Crippen LogP contribution >= 0.6 is 0 Å². The predicted octanol–water partition coefficient (Wildman–Crippen LogP) is 4.61. The van der Waals surface area contributed by atoms with Gasteiger partial charge >= 0.3 is 0 Å². The van der Waals surface area contributed by atoms with Crippen LogP contribution in [0, 0.1) is 11.3 Å². The van der Waals surface area contributed by atoms with Crippen LogP contribution in [0.2, 0.25) is 0 Å². The summed E-state index contributed by atoms with van der Waals surface area (Å²) in [6.07, 6.45) is 5.12. The fraction of sp³-hybridized carbons (Fsp3) is 0.938. The van der Waals surface area contributed by atoms with Crippen LogP contribution in [-0.2, 0) is 9.53 Å². The van der Waals surface area contributed by atoms with Gasteiger partial charge in [-0.15, -0.1) is 0 Å². The van der Waals surface area contributed by atoms with Gasteiger partial charge in [0.15, 0.2) is 5.78 Å². The van der Waals surface area contributed by atoms with Crippen LogP contribution in [0.1, 0.15) is 73.6 Å². The molecule has 0 aromatic rings. The van der Waals surface area contributed by atoms with Gasteiger partial charge in [-0.25, -0.2) is 0 Å². The van der Waals surface area contributed by atoms with Gasteiger partial charge in [0.1, 0.15) is 6.10 Å². The van der Waals surface area contributed by atoms with Crippen molar-refractivity contribution in [1.82, 2.24) is 0 Å². The normalized spacial score (nSPS) is 15.4. The van der Waals surface area contributed by atoms with Crippen molar-refractivity contribution in [3.8, 4) is 0 Å². The second-order valence-electron chi connectivity index (χ2n) is 6.29. The lowest BCUT2D eigenvalue weighted by Crippen LogP contribution is -2.38. The van der Waals surface area contributed by atoms with Crippen LogP contribution in [0.5, 0.6) is 0 Å². The number of hydrogen-bond acceptors (Lipinski definition) is 2. The van der Waals surface area contributed by atoms with Crippen molar-refractivity contribution in [2.45, 2.75) is 79.8 Å². The summed E-state index contributed by atoms with van der Waals surface area (Å²) in [5, 5.41) is 0. The van der Waals surface area contributed by atoms with Gasteiger partial charge in [0, 0.05) is 13.0 Å². The Morgan fingerprint density at radius 2 is 1.78 bits per heavy atom.